The first-order chi connectivity index (χ1) is 7.17. The predicted octanol–water partition coefficient (Wildman–Crippen LogP) is 0.381. The zero-order chi connectivity index (χ0) is 11.3. The highest BCUT2D eigenvalue weighted by molar-refractivity contribution is 5.50. The van der Waals surface area contributed by atoms with Crippen LogP contribution in [0.5, 0.6) is 0 Å². The molecule has 0 atom stereocenters. The molecule has 0 aliphatic carbocycles. The van der Waals surface area contributed by atoms with Gasteiger partial charge in [0.15, 0.2) is 0 Å². The van der Waals surface area contributed by atoms with E-state index in [2.05, 4.69) is 16.0 Å². The van der Waals surface area contributed by atoms with Gasteiger partial charge in [-0.1, -0.05) is 0 Å². The highest BCUT2D eigenvalue weighted by atomic mass is 15.2. The van der Waals surface area contributed by atoms with Crippen LogP contribution in [0.2, 0.25) is 0 Å². The summed E-state index contributed by atoms with van der Waals surface area (Å²) in [6.07, 6.45) is 0.442. The second kappa shape index (κ2) is 5.00. The van der Waals surface area contributed by atoms with Crippen molar-refractivity contribution in [2.45, 2.75) is 13.3 Å². The molecule has 1 aromatic rings. The van der Waals surface area contributed by atoms with E-state index in [-0.39, 0.29) is 5.95 Å². The lowest BCUT2D eigenvalue weighted by Crippen LogP contribution is -2.25. The molecule has 0 bridgehead atoms. The largest absolute Gasteiger partial charge is 0.383 e. The summed E-state index contributed by atoms with van der Waals surface area (Å²) in [5.41, 5.74) is 11.0. The SMILES string of the molecule is CCN(CCC#N)c1cc(N)nc(N)n1. The third kappa shape index (κ3) is 2.98. The number of hydrogen-bond donors (Lipinski definition) is 2. The van der Waals surface area contributed by atoms with Crippen molar-refractivity contribution in [3.8, 4) is 6.07 Å². The van der Waals surface area contributed by atoms with Gasteiger partial charge in [0.2, 0.25) is 5.95 Å². The second-order valence-electron chi connectivity index (χ2n) is 3.00. The molecule has 0 amide bonds. The molecule has 0 saturated heterocycles. The molecule has 6 heteroatoms. The summed E-state index contributed by atoms with van der Waals surface area (Å²) >= 11 is 0. The minimum atomic E-state index is 0.153. The van der Waals surface area contributed by atoms with Crippen molar-refractivity contribution in [2.24, 2.45) is 0 Å². The Morgan fingerprint density at radius 3 is 2.73 bits per heavy atom. The molecule has 0 aliphatic rings. The van der Waals surface area contributed by atoms with Gasteiger partial charge in [-0.25, -0.2) is 0 Å². The predicted molar refractivity (Wildman–Crippen MR) is 59.0 cm³/mol. The Labute approximate surface area is 88.5 Å². The summed E-state index contributed by atoms with van der Waals surface area (Å²) < 4.78 is 0. The van der Waals surface area contributed by atoms with Crippen molar-refractivity contribution in [1.29, 1.82) is 5.26 Å². The van der Waals surface area contributed by atoms with Crippen LogP contribution in [-0.2, 0) is 0 Å². The summed E-state index contributed by atoms with van der Waals surface area (Å²) in [4.78, 5) is 9.77. The van der Waals surface area contributed by atoms with Crippen molar-refractivity contribution >= 4 is 17.6 Å². The molecule has 1 rings (SSSR count). The van der Waals surface area contributed by atoms with Gasteiger partial charge < -0.3 is 16.4 Å². The minimum absolute atomic E-state index is 0.153. The summed E-state index contributed by atoms with van der Waals surface area (Å²) in [5.74, 6) is 1.16. The first kappa shape index (κ1) is 11.0. The number of nitrogen functional groups attached to an aromatic ring is 2. The molecule has 80 valence electrons. The Kier molecular flexibility index (Phi) is 3.68. The zero-order valence-corrected chi connectivity index (χ0v) is 8.64. The van der Waals surface area contributed by atoms with Crippen LogP contribution in [0.25, 0.3) is 0 Å². The van der Waals surface area contributed by atoms with Crippen molar-refractivity contribution in [1.82, 2.24) is 9.97 Å². The van der Waals surface area contributed by atoms with E-state index in [1.54, 1.807) is 6.07 Å². The Morgan fingerprint density at radius 1 is 1.47 bits per heavy atom. The monoisotopic (exact) mass is 206 g/mol. The number of aromatic nitrogens is 2. The fraction of sp³-hybridized carbons (Fsp3) is 0.444. The number of nitrogens with two attached hydrogens (primary N) is 2. The van der Waals surface area contributed by atoms with Gasteiger partial charge in [0, 0.05) is 19.2 Å². The van der Waals surface area contributed by atoms with E-state index in [1.165, 1.54) is 0 Å². The lowest BCUT2D eigenvalue weighted by atomic mass is 10.4. The topological polar surface area (TPSA) is 105 Å². The van der Waals surface area contributed by atoms with Crippen LogP contribution in [0.15, 0.2) is 6.07 Å². The van der Waals surface area contributed by atoms with Crippen LogP contribution < -0.4 is 16.4 Å². The van der Waals surface area contributed by atoms with E-state index < -0.39 is 0 Å². The lowest BCUT2D eigenvalue weighted by molar-refractivity contribution is 0.809. The van der Waals surface area contributed by atoms with E-state index in [9.17, 15) is 0 Å². The summed E-state index contributed by atoms with van der Waals surface area (Å²) in [5, 5.41) is 8.51. The molecule has 0 radical (unpaired) electrons. The van der Waals surface area contributed by atoms with Gasteiger partial charge in [-0.3, -0.25) is 0 Å². The Hall–Kier alpha value is -2.03. The van der Waals surface area contributed by atoms with Crippen LogP contribution in [0.4, 0.5) is 17.6 Å². The molecule has 15 heavy (non-hydrogen) atoms. The Balaban J connectivity index is 2.87. The van der Waals surface area contributed by atoms with Crippen molar-refractivity contribution < 1.29 is 0 Å². The lowest BCUT2D eigenvalue weighted by Gasteiger charge is -2.20. The summed E-state index contributed by atoms with van der Waals surface area (Å²) in [6, 6.07) is 3.73. The normalized spacial score (nSPS) is 9.60. The summed E-state index contributed by atoms with van der Waals surface area (Å²) in [6.45, 7) is 3.34. The van der Waals surface area contributed by atoms with Crippen LogP contribution in [0, 0.1) is 11.3 Å². The quantitative estimate of drug-likeness (QED) is 0.737. The van der Waals surface area contributed by atoms with E-state index in [4.69, 9.17) is 16.7 Å². The maximum atomic E-state index is 8.51. The van der Waals surface area contributed by atoms with Crippen molar-refractivity contribution in [2.75, 3.05) is 29.5 Å². The van der Waals surface area contributed by atoms with Crippen LogP contribution >= 0.6 is 0 Å². The third-order valence-corrected chi connectivity index (χ3v) is 1.95. The Bertz CT molecular complexity index is 349. The smallest absolute Gasteiger partial charge is 0.223 e. The van der Waals surface area contributed by atoms with E-state index in [0.29, 0.717) is 24.6 Å². The molecular formula is C9H14N6. The number of hydrogen-bond acceptors (Lipinski definition) is 6. The average molecular weight is 206 g/mol. The van der Waals surface area contributed by atoms with Gasteiger partial charge >= 0.3 is 0 Å². The molecule has 1 heterocycles. The van der Waals surface area contributed by atoms with Crippen LogP contribution in [-0.4, -0.2) is 23.1 Å². The molecule has 0 spiro atoms. The number of anilines is 3. The standard InChI is InChI=1S/C9H14N6/c1-2-15(5-3-4-10)8-6-7(11)13-9(12)14-8/h6H,2-3,5H2,1H3,(H4,11,12,13,14). The van der Waals surface area contributed by atoms with Gasteiger partial charge in [-0.15, -0.1) is 0 Å². The molecule has 0 saturated carbocycles. The molecule has 6 nitrogen and oxygen atoms in total. The van der Waals surface area contributed by atoms with Crippen molar-refractivity contribution in [3.05, 3.63) is 6.07 Å². The molecule has 1 aromatic heterocycles. The van der Waals surface area contributed by atoms with Gasteiger partial charge in [0.1, 0.15) is 11.6 Å². The first-order valence-electron chi connectivity index (χ1n) is 4.69. The molecule has 0 aliphatic heterocycles. The average Bonchev–Trinajstić information content (AvgIpc) is 2.17. The maximum absolute atomic E-state index is 8.51. The van der Waals surface area contributed by atoms with E-state index in [1.807, 2.05) is 11.8 Å². The van der Waals surface area contributed by atoms with Crippen LogP contribution in [0.3, 0.4) is 0 Å². The molecule has 0 aromatic carbocycles. The number of nitriles is 1. The van der Waals surface area contributed by atoms with Gasteiger partial charge in [-0.05, 0) is 6.92 Å². The van der Waals surface area contributed by atoms with Crippen molar-refractivity contribution in [3.63, 3.8) is 0 Å². The van der Waals surface area contributed by atoms with Crippen LogP contribution in [0.1, 0.15) is 13.3 Å². The Morgan fingerprint density at radius 2 is 2.20 bits per heavy atom. The fourth-order valence-electron chi connectivity index (χ4n) is 1.25. The molecule has 0 unspecified atom stereocenters. The van der Waals surface area contributed by atoms with E-state index >= 15 is 0 Å². The van der Waals surface area contributed by atoms with Gasteiger partial charge in [-0.2, -0.15) is 15.2 Å². The first-order valence-corrected chi connectivity index (χ1v) is 4.69. The molecule has 0 fully saturated rings. The van der Waals surface area contributed by atoms with Gasteiger partial charge in [0.25, 0.3) is 0 Å². The molecule has 4 N–H and O–H groups in total. The zero-order valence-electron chi connectivity index (χ0n) is 8.64. The number of nitrogens with zero attached hydrogens (tertiary/aromatic N) is 4. The molecular weight excluding hydrogens is 192 g/mol. The maximum Gasteiger partial charge on any atom is 0.223 e. The van der Waals surface area contributed by atoms with E-state index in [0.717, 1.165) is 6.54 Å². The minimum Gasteiger partial charge on any atom is -0.383 e. The number of rotatable bonds is 4. The highest BCUT2D eigenvalue weighted by Gasteiger charge is 2.07. The fourth-order valence-corrected chi connectivity index (χ4v) is 1.25. The highest BCUT2D eigenvalue weighted by Crippen LogP contribution is 2.14. The summed E-state index contributed by atoms with van der Waals surface area (Å²) in [7, 11) is 0. The second-order valence-corrected chi connectivity index (χ2v) is 3.00. The third-order valence-electron chi connectivity index (χ3n) is 1.95. The van der Waals surface area contributed by atoms with Gasteiger partial charge in [0.05, 0.1) is 12.5 Å².